The van der Waals surface area contributed by atoms with Crippen molar-refractivity contribution in [1.29, 1.82) is 0 Å². The molecule has 0 radical (unpaired) electrons. The van der Waals surface area contributed by atoms with Crippen LogP contribution in [-0.2, 0) is 0 Å². The summed E-state index contributed by atoms with van der Waals surface area (Å²) in [5.41, 5.74) is 0.582. The summed E-state index contributed by atoms with van der Waals surface area (Å²) in [6, 6.07) is 1.62. The largest absolute Gasteiger partial charge is 0.472 e. The summed E-state index contributed by atoms with van der Waals surface area (Å²) in [4.78, 5) is 11.1. The van der Waals surface area contributed by atoms with E-state index in [0.717, 1.165) is 0 Å². The van der Waals surface area contributed by atoms with Crippen molar-refractivity contribution in [2.24, 2.45) is 0 Å². The van der Waals surface area contributed by atoms with Crippen molar-refractivity contribution in [1.82, 2.24) is 0 Å². The van der Waals surface area contributed by atoms with E-state index in [1.54, 1.807) is 6.07 Å². The third kappa shape index (κ3) is 2.20. The molecular weight excluding hydrogens is 144 g/mol. The molecule has 0 aromatic carbocycles. The van der Waals surface area contributed by atoms with Crippen LogP contribution in [0.1, 0.15) is 23.2 Å². The zero-order valence-electron chi connectivity index (χ0n) is 6.12. The maximum absolute atomic E-state index is 11.1. The van der Waals surface area contributed by atoms with Gasteiger partial charge in [0.25, 0.3) is 0 Å². The molecule has 3 nitrogen and oxygen atoms in total. The zero-order valence-corrected chi connectivity index (χ0v) is 6.12. The lowest BCUT2D eigenvalue weighted by Crippen LogP contribution is -1.97. The third-order valence-corrected chi connectivity index (χ3v) is 1.41. The Balaban J connectivity index is 2.43. The first-order chi connectivity index (χ1) is 5.34. The van der Waals surface area contributed by atoms with Crippen LogP contribution in [0.4, 0.5) is 0 Å². The number of hydrogen-bond donors (Lipinski definition) is 1. The first kappa shape index (κ1) is 8.01. The molecule has 0 fully saturated rings. The molecule has 1 N–H and O–H groups in total. The fraction of sp³-hybridized carbons (Fsp3) is 0.375. The average molecular weight is 154 g/mol. The number of carbonyl (C=O) groups is 1. The predicted octanol–water partition coefficient (Wildman–Crippen LogP) is 1.23. The predicted molar refractivity (Wildman–Crippen MR) is 39.4 cm³/mol. The second-order valence-electron chi connectivity index (χ2n) is 2.26. The lowest BCUT2D eigenvalue weighted by atomic mass is 10.1. The normalized spacial score (nSPS) is 9.91. The van der Waals surface area contributed by atoms with E-state index >= 15 is 0 Å². The van der Waals surface area contributed by atoms with Crippen LogP contribution in [-0.4, -0.2) is 17.5 Å². The SMILES string of the molecule is O=C(CCCO)c1ccoc1. The third-order valence-electron chi connectivity index (χ3n) is 1.41. The number of ketones is 1. The second kappa shape index (κ2) is 3.93. The molecule has 3 heteroatoms. The first-order valence-electron chi connectivity index (χ1n) is 3.51. The molecule has 1 rings (SSSR count). The fourth-order valence-corrected chi connectivity index (χ4v) is 0.807. The number of aliphatic hydroxyl groups is 1. The lowest BCUT2D eigenvalue weighted by molar-refractivity contribution is 0.0970. The summed E-state index contributed by atoms with van der Waals surface area (Å²) >= 11 is 0. The van der Waals surface area contributed by atoms with Gasteiger partial charge in [0.2, 0.25) is 0 Å². The van der Waals surface area contributed by atoms with E-state index in [0.29, 0.717) is 18.4 Å². The number of hydrogen-bond acceptors (Lipinski definition) is 3. The van der Waals surface area contributed by atoms with Crippen LogP contribution in [0.5, 0.6) is 0 Å². The molecule has 0 saturated heterocycles. The van der Waals surface area contributed by atoms with Crippen molar-refractivity contribution in [3.8, 4) is 0 Å². The molecule has 0 aliphatic rings. The van der Waals surface area contributed by atoms with Crippen LogP contribution in [0.25, 0.3) is 0 Å². The summed E-state index contributed by atoms with van der Waals surface area (Å²) in [6.45, 7) is 0.0591. The highest BCUT2D eigenvalue weighted by Gasteiger charge is 2.04. The molecule has 60 valence electrons. The topological polar surface area (TPSA) is 50.4 Å². The van der Waals surface area contributed by atoms with Gasteiger partial charge in [-0.15, -0.1) is 0 Å². The Bertz CT molecular complexity index is 213. The number of aliphatic hydroxyl groups excluding tert-OH is 1. The van der Waals surface area contributed by atoms with E-state index in [9.17, 15) is 4.79 Å². The number of rotatable bonds is 4. The highest BCUT2D eigenvalue weighted by molar-refractivity contribution is 5.95. The quantitative estimate of drug-likeness (QED) is 0.663. The van der Waals surface area contributed by atoms with Crippen molar-refractivity contribution in [3.63, 3.8) is 0 Å². The summed E-state index contributed by atoms with van der Waals surface area (Å²) in [5, 5.41) is 8.44. The van der Waals surface area contributed by atoms with E-state index in [-0.39, 0.29) is 12.4 Å². The monoisotopic (exact) mass is 154 g/mol. The standard InChI is InChI=1S/C8H10O3/c9-4-1-2-8(10)7-3-5-11-6-7/h3,5-6,9H,1-2,4H2. The van der Waals surface area contributed by atoms with Gasteiger partial charge < -0.3 is 9.52 Å². The first-order valence-corrected chi connectivity index (χ1v) is 3.51. The Labute approximate surface area is 64.6 Å². The van der Waals surface area contributed by atoms with Crippen LogP contribution in [0.3, 0.4) is 0 Å². The Morgan fingerprint density at radius 2 is 2.45 bits per heavy atom. The Hall–Kier alpha value is -1.09. The van der Waals surface area contributed by atoms with E-state index in [2.05, 4.69) is 0 Å². The van der Waals surface area contributed by atoms with Gasteiger partial charge in [-0.05, 0) is 12.5 Å². The van der Waals surface area contributed by atoms with Gasteiger partial charge in [-0.2, -0.15) is 0 Å². The smallest absolute Gasteiger partial charge is 0.166 e. The molecule has 1 aromatic rings. The van der Waals surface area contributed by atoms with Crippen molar-refractivity contribution in [2.75, 3.05) is 6.61 Å². The van der Waals surface area contributed by atoms with Crippen LogP contribution >= 0.6 is 0 Å². The number of carbonyl (C=O) groups excluding carboxylic acids is 1. The Kier molecular flexibility index (Phi) is 2.86. The van der Waals surface area contributed by atoms with Crippen LogP contribution in [0, 0.1) is 0 Å². The summed E-state index contributed by atoms with van der Waals surface area (Å²) < 4.78 is 4.73. The van der Waals surface area contributed by atoms with Crippen LogP contribution < -0.4 is 0 Å². The van der Waals surface area contributed by atoms with Gasteiger partial charge in [-0.3, -0.25) is 4.79 Å². The molecule has 0 aliphatic heterocycles. The van der Waals surface area contributed by atoms with Crippen molar-refractivity contribution >= 4 is 5.78 Å². The van der Waals surface area contributed by atoms with E-state index < -0.39 is 0 Å². The Morgan fingerprint density at radius 1 is 1.64 bits per heavy atom. The van der Waals surface area contributed by atoms with E-state index in [1.807, 2.05) is 0 Å². The molecule has 0 amide bonds. The van der Waals surface area contributed by atoms with Crippen molar-refractivity contribution in [3.05, 3.63) is 24.2 Å². The lowest BCUT2D eigenvalue weighted by Gasteiger charge is -1.92. The molecule has 0 atom stereocenters. The molecule has 0 bridgehead atoms. The minimum absolute atomic E-state index is 0.0211. The van der Waals surface area contributed by atoms with E-state index in [1.165, 1.54) is 12.5 Å². The maximum Gasteiger partial charge on any atom is 0.166 e. The molecular formula is C8H10O3. The molecule has 1 heterocycles. The molecule has 0 aliphatic carbocycles. The Morgan fingerprint density at radius 3 is 3.00 bits per heavy atom. The highest BCUT2D eigenvalue weighted by atomic mass is 16.3. The summed E-state index contributed by atoms with van der Waals surface area (Å²) in [6.07, 6.45) is 3.78. The summed E-state index contributed by atoms with van der Waals surface area (Å²) in [5.74, 6) is 0.0211. The fourth-order valence-electron chi connectivity index (χ4n) is 0.807. The number of Topliss-reactive ketones (excluding diaryl/α,β-unsaturated/α-hetero) is 1. The van der Waals surface area contributed by atoms with Crippen molar-refractivity contribution in [2.45, 2.75) is 12.8 Å². The molecule has 11 heavy (non-hydrogen) atoms. The van der Waals surface area contributed by atoms with E-state index in [4.69, 9.17) is 9.52 Å². The molecule has 0 unspecified atom stereocenters. The zero-order chi connectivity index (χ0) is 8.10. The number of furan rings is 1. The van der Waals surface area contributed by atoms with Gasteiger partial charge in [0.05, 0.1) is 11.8 Å². The molecule has 1 aromatic heterocycles. The van der Waals surface area contributed by atoms with Gasteiger partial charge >= 0.3 is 0 Å². The minimum atomic E-state index is 0.0211. The van der Waals surface area contributed by atoms with Gasteiger partial charge in [0, 0.05) is 13.0 Å². The van der Waals surface area contributed by atoms with Crippen LogP contribution in [0.2, 0.25) is 0 Å². The van der Waals surface area contributed by atoms with Gasteiger partial charge in [-0.25, -0.2) is 0 Å². The van der Waals surface area contributed by atoms with Gasteiger partial charge in [0.15, 0.2) is 5.78 Å². The summed E-state index contributed by atoms with van der Waals surface area (Å²) in [7, 11) is 0. The van der Waals surface area contributed by atoms with Gasteiger partial charge in [0.1, 0.15) is 6.26 Å². The maximum atomic E-state index is 11.1. The van der Waals surface area contributed by atoms with Gasteiger partial charge in [-0.1, -0.05) is 0 Å². The average Bonchev–Trinajstić information content (AvgIpc) is 2.52. The molecule has 0 saturated carbocycles. The minimum Gasteiger partial charge on any atom is -0.472 e. The second-order valence-corrected chi connectivity index (χ2v) is 2.26. The molecule has 0 spiro atoms. The van der Waals surface area contributed by atoms with Crippen molar-refractivity contribution < 1.29 is 14.3 Å². The highest BCUT2D eigenvalue weighted by Crippen LogP contribution is 2.05. The van der Waals surface area contributed by atoms with Crippen LogP contribution in [0.15, 0.2) is 23.0 Å².